The van der Waals surface area contributed by atoms with Crippen LogP contribution in [0, 0.1) is 0 Å². The molecule has 0 aromatic heterocycles. The number of carbonyl (C=O) groups is 1. The van der Waals surface area contributed by atoms with Crippen molar-refractivity contribution >= 4 is 22.2 Å². The van der Waals surface area contributed by atoms with Crippen LogP contribution in [0.5, 0.6) is 5.75 Å². The van der Waals surface area contributed by atoms with Gasteiger partial charge in [0, 0.05) is 16.8 Å². The van der Waals surface area contributed by atoms with E-state index >= 15 is 0 Å². The Labute approximate surface area is 123 Å². The SMILES string of the molecule is COc1cccc(C(=O)c2cc3ccccc3cc2N)c1. The fraction of sp³-hybridized carbons (Fsp3) is 0.0556. The van der Waals surface area contributed by atoms with E-state index in [1.54, 1.807) is 31.4 Å². The molecule has 0 aliphatic rings. The molecule has 0 aliphatic heterocycles. The first-order valence-electron chi connectivity index (χ1n) is 6.66. The van der Waals surface area contributed by atoms with Crippen LogP contribution in [0.25, 0.3) is 10.8 Å². The van der Waals surface area contributed by atoms with Crippen LogP contribution in [0.1, 0.15) is 15.9 Å². The van der Waals surface area contributed by atoms with Crippen molar-refractivity contribution in [2.75, 3.05) is 12.8 Å². The van der Waals surface area contributed by atoms with Gasteiger partial charge in [0.15, 0.2) is 5.78 Å². The van der Waals surface area contributed by atoms with E-state index < -0.39 is 0 Å². The maximum atomic E-state index is 12.6. The highest BCUT2D eigenvalue weighted by Gasteiger charge is 2.14. The van der Waals surface area contributed by atoms with Gasteiger partial charge in [-0.05, 0) is 35.0 Å². The number of carbonyl (C=O) groups excluding carboxylic acids is 1. The van der Waals surface area contributed by atoms with Gasteiger partial charge < -0.3 is 10.5 Å². The number of rotatable bonds is 3. The Balaban J connectivity index is 2.10. The molecule has 3 heteroatoms. The summed E-state index contributed by atoms with van der Waals surface area (Å²) >= 11 is 0. The van der Waals surface area contributed by atoms with Crippen LogP contribution in [0.2, 0.25) is 0 Å². The van der Waals surface area contributed by atoms with Crippen LogP contribution < -0.4 is 10.5 Å². The number of hydrogen-bond donors (Lipinski definition) is 1. The summed E-state index contributed by atoms with van der Waals surface area (Å²) in [7, 11) is 1.58. The normalized spacial score (nSPS) is 10.5. The molecule has 2 N–H and O–H groups in total. The molecule has 0 amide bonds. The maximum absolute atomic E-state index is 12.6. The van der Waals surface area contributed by atoms with Crippen molar-refractivity contribution in [2.45, 2.75) is 0 Å². The molecule has 0 unspecified atom stereocenters. The molecular formula is C18H15NO2. The smallest absolute Gasteiger partial charge is 0.195 e. The van der Waals surface area contributed by atoms with Crippen LogP contribution in [-0.2, 0) is 0 Å². The fourth-order valence-electron chi connectivity index (χ4n) is 2.37. The van der Waals surface area contributed by atoms with E-state index in [4.69, 9.17) is 10.5 Å². The molecule has 0 bridgehead atoms. The van der Waals surface area contributed by atoms with Gasteiger partial charge in [0.05, 0.1) is 7.11 Å². The van der Waals surface area contributed by atoms with Gasteiger partial charge >= 0.3 is 0 Å². The lowest BCUT2D eigenvalue weighted by Gasteiger charge is -2.08. The first-order valence-corrected chi connectivity index (χ1v) is 6.66. The zero-order valence-electron chi connectivity index (χ0n) is 11.7. The van der Waals surface area contributed by atoms with Crippen LogP contribution in [0.4, 0.5) is 5.69 Å². The largest absolute Gasteiger partial charge is 0.497 e. The van der Waals surface area contributed by atoms with E-state index in [0.717, 1.165) is 10.8 Å². The van der Waals surface area contributed by atoms with Gasteiger partial charge in [-0.2, -0.15) is 0 Å². The molecule has 0 radical (unpaired) electrons. The van der Waals surface area contributed by atoms with E-state index in [2.05, 4.69) is 0 Å². The Kier molecular flexibility index (Phi) is 3.32. The van der Waals surface area contributed by atoms with E-state index in [0.29, 0.717) is 22.6 Å². The molecule has 3 nitrogen and oxygen atoms in total. The number of fused-ring (bicyclic) bond motifs is 1. The van der Waals surface area contributed by atoms with Crippen molar-refractivity contribution in [3.8, 4) is 5.75 Å². The minimum absolute atomic E-state index is 0.0999. The summed E-state index contributed by atoms with van der Waals surface area (Å²) in [5.74, 6) is 0.553. The summed E-state index contributed by atoms with van der Waals surface area (Å²) < 4.78 is 5.16. The lowest BCUT2D eigenvalue weighted by Crippen LogP contribution is -2.05. The van der Waals surface area contributed by atoms with E-state index in [-0.39, 0.29) is 5.78 Å². The van der Waals surface area contributed by atoms with Gasteiger partial charge in [-0.1, -0.05) is 36.4 Å². The molecule has 0 saturated carbocycles. The van der Waals surface area contributed by atoms with Crippen molar-refractivity contribution in [2.24, 2.45) is 0 Å². The van der Waals surface area contributed by atoms with Gasteiger partial charge in [-0.3, -0.25) is 4.79 Å². The topological polar surface area (TPSA) is 52.3 Å². The molecule has 0 fully saturated rings. The molecule has 0 saturated heterocycles. The highest BCUT2D eigenvalue weighted by molar-refractivity contribution is 6.14. The van der Waals surface area contributed by atoms with Crippen LogP contribution in [0.15, 0.2) is 60.7 Å². The number of ketones is 1. The summed E-state index contributed by atoms with van der Waals surface area (Å²) in [5, 5.41) is 2.02. The maximum Gasteiger partial charge on any atom is 0.195 e. The molecule has 0 atom stereocenters. The second-order valence-corrected chi connectivity index (χ2v) is 4.85. The molecule has 0 spiro atoms. The number of nitrogen functional groups attached to an aromatic ring is 1. The first-order chi connectivity index (χ1) is 10.2. The average Bonchev–Trinajstić information content (AvgIpc) is 2.53. The van der Waals surface area contributed by atoms with Gasteiger partial charge in [0.1, 0.15) is 5.75 Å². The van der Waals surface area contributed by atoms with Crippen molar-refractivity contribution in [1.29, 1.82) is 0 Å². The van der Waals surface area contributed by atoms with E-state index in [1.807, 2.05) is 36.4 Å². The number of hydrogen-bond acceptors (Lipinski definition) is 3. The summed E-state index contributed by atoms with van der Waals surface area (Å²) in [4.78, 5) is 12.6. The zero-order valence-corrected chi connectivity index (χ0v) is 11.7. The molecule has 21 heavy (non-hydrogen) atoms. The Hall–Kier alpha value is -2.81. The highest BCUT2D eigenvalue weighted by atomic mass is 16.5. The van der Waals surface area contributed by atoms with Crippen molar-refractivity contribution in [3.63, 3.8) is 0 Å². The lowest BCUT2D eigenvalue weighted by molar-refractivity contribution is 0.103. The molecule has 3 rings (SSSR count). The number of nitrogens with two attached hydrogens (primary N) is 1. The Morgan fingerprint density at radius 3 is 2.38 bits per heavy atom. The van der Waals surface area contributed by atoms with Gasteiger partial charge in [0.25, 0.3) is 0 Å². The monoisotopic (exact) mass is 277 g/mol. The minimum Gasteiger partial charge on any atom is -0.497 e. The van der Waals surface area contributed by atoms with Crippen molar-refractivity contribution < 1.29 is 9.53 Å². The number of ether oxygens (including phenoxy) is 1. The standard InChI is InChI=1S/C18H15NO2/c1-21-15-8-4-7-14(9-15)18(20)16-10-12-5-2-3-6-13(12)11-17(16)19/h2-11H,19H2,1H3. The highest BCUT2D eigenvalue weighted by Crippen LogP contribution is 2.25. The molecule has 0 heterocycles. The fourth-order valence-corrected chi connectivity index (χ4v) is 2.37. The second-order valence-electron chi connectivity index (χ2n) is 4.85. The predicted octanol–water partition coefficient (Wildman–Crippen LogP) is 3.66. The molecule has 3 aromatic carbocycles. The summed E-state index contributed by atoms with van der Waals surface area (Å²) in [5.41, 5.74) is 7.61. The Morgan fingerprint density at radius 1 is 0.952 bits per heavy atom. The van der Waals surface area contributed by atoms with Crippen LogP contribution in [-0.4, -0.2) is 12.9 Å². The van der Waals surface area contributed by atoms with Gasteiger partial charge in [-0.15, -0.1) is 0 Å². The van der Waals surface area contributed by atoms with Gasteiger partial charge in [-0.25, -0.2) is 0 Å². The number of methoxy groups -OCH3 is 1. The van der Waals surface area contributed by atoms with Gasteiger partial charge in [0.2, 0.25) is 0 Å². The first kappa shape index (κ1) is 13.2. The Morgan fingerprint density at radius 2 is 1.67 bits per heavy atom. The van der Waals surface area contributed by atoms with Crippen LogP contribution >= 0.6 is 0 Å². The molecule has 0 aliphatic carbocycles. The van der Waals surface area contributed by atoms with E-state index in [1.165, 1.54) is 0 Å². The Bertz CT molecular complexity index is 824. The molecule has 3 aromatic rings. The number of benzene rings is 3. The summed E-state index contributed by atoms with van der Waals surface area (Å²) in [6.07, 6.45) is 0. The number of anilines is 1. The van der Waals surface area contributed by atoms with Crippen molar-refractivity contribution in [1.82, 2.24) is 0 Å². The predicted molar refractivity (Wildman–Crippen MR) is 84.8 cm³/mol. The van der Waals surface area contributed by atoms with Crippen molar-refractivity contribution in [3.05, 3.63) is 71.8 Å². The zero-order chi connectivity index (χ0) is 14.8. The lowest BCUT2D eigenvalue weighted by atomic mass is 9.98. The third kappa shape index (κ3) is 2.46. The summed E-state index contributed by atoms with van der Waals surface area (Å²) in [6.45, 7) is 0. The molecular weight excluding hydrogens is 262 g/mol. The third-order valence-corrected chi connectivity index (χ3v) is 3.49. The third-order valence-electron chi connectivity index (χ3n) is 3.49. The average molecular weight is 277 g/mol. The van der Waals surface area contributed by atoms with Crippen LogP contribution in [0.3, 0.4) is 0 Å². The minimum atomic E-state index is -0.0999. The van der Waals surface area contributed by atoms with E-state index in [9.17, 15) is 4.79 Å². The second kappa shape index (κ2) is 5.29. The quantitative estimate of drug-likeness (QED) is 0.587. The molecule has 104 valence electrons. The summed E-state index contributed by atoms with van der Waals surface area (Å²) in [6, 6.07) is 18.6.